The second kappa shape index (κ2) is 6.66. The van der Waals surface area contributed by atoms with Crippen molar-refractivity contribution in [1.82, 2.24) is 5.32 Å². The van der Waals surface area contributed by atoms with Gasteiger partial charge in [0, 0.05) is 4.92 Å². The lowest BCUT2D eigenvalue weighted by atomic mass is 9.73. The van der Waals surface area contributed by atoms with Crippen LogP contribution in [0.5, 0.6) is 0 Å². The number of carbonyl (C=O) groups is 1. The lowest BCUT2D eigenvalue weighted by Gasteiger charge is -2.31. The SMILES string of the molecule is CCOC(=O)[C@H]1N[C@@H](c2ccccc2)[C@@H]([N+](=O)[O-])[C@@H]1C(C)(C)C. The Hall–Kier alpha value is -1.95. The molecular weight excluding hydrogens is 296 g/mol. The first-order chi connectivity index (χ1) is 10.8. The van der Waals surface area contributed by atoms with E-state index in [0.29, 0.717) is 0 Å². The molecule has 0 unspecified atom stereocenters. The molecule has 1 saturated heterocycles. The predicted molar refractivity (Wildman–Crippen MR) is 86.5 cm³/mol. The van der Waals surface area contributed by atoms with Gasteiger partial charge in [0.25, 0.3) is 0 Å². The quantitative estimate of drug-likeness (QED) is 0.524. The lowest BCUT2D eigenvalue weighted by Crippen LogP contribution is -2.45. The van der Waals surface area contributed by atoms with Gasteiger partial charge in [-0.25, -0.2) is 0 Å². The number of nitro groups is 1. The number of benzene rings is 1. The molecule has 6 heteroatoms. The van der Waals surface area contributed by atoms with E-state index in [-0.39, 0.29) is 11.5 Å². The van der Waals surface area contributed by atoms with Gasteiger partial charge < -0.3 is 4.74 Å². The number of ether oxygens (including phenoxy) is 1. The Morgan fingerprint density at radius 1 is 1.30 bits per heavy atom. The fourth-order valence-corrected chi connectivity index (χ4v) is 3.47. The summed E-state index contributed by atoms with van der Waals surface area (Å²) in [6.45, 7) is 7.77. The normalized spacial score (nSPS) is 27.7. The molecule has 4 atom stereocenters. The number of carbonyl (C=O) groups excluding carboxylic acids is 1. The van der Waals surface area contributed by atoms with E-state index in [4.69, 9.17) is 4.74 Å². The molecule has 1 aromatic rings. The van der Waals surface area contributed by atoms with Crippen LogP contribution in [0.1, 0.15) is 39.3 Å². The Bertz CT molecular complexity index is 568. The van der Waals surface area contributed by atoms with Gasteiger partial charge in [-0.05, 0) is 17.9 Å². The van der Waals surface area contributed by atoms with Gasteiger partial charge in [0.2, 0.25) is 6.04 Å². The molecule has 0 amide bonds. The molecule has 0 radical (unpaired) electrons. The topological polar surface area (TPSA) is 81.5 Å². The summed E-state index contributed by atoms with van der Waals surface area (Å²) in [4.78, 5) is 23.9. The molecule has 0 bridgehead atoms. The summed E-state index contributed by atoms with van der Waals surface area (Å²) in [7, 11) is 0. The first kappa shape index (κ1) is 17.4. The van der Waals surface area contributed by atoms with E-state index in [1.54, 1.807) is 6.92 Å². The van der Waals surface area contributed by atoms with Crippen molar-refractivity contribution in [3.63, 3.8) is 0 Å². The zero-order valence-electron chi connectivity index (χ0n) is 14.0. The number of esters is 1. The van der Waals surface area contributed by atoms with Crippen LogP contribution in [-0.2, 0) is 9.53 Å². The molecule has 1 heterocycles. The Morgan fingerprint density at radius 3 is 2.39 bits per heavy atom. The van der Waals surface area contributed by atoms with Crippen molar-refractivity contribution < 1.29 is 14.5 Å². The van der Waals surface area contributed by atoms with Crippen LogP contribution in [0.25, 0.3) is 0 Å². The van der Waals surface area contributed by atoms with Gasteiger partial charge in [0.15, 0.2) is 0 Å². The highest BCUT2D eigenvalue weighted by atomic mass is 16.6. The molecular formula is C17H24N2O4. The van der Waals surface area contributed by atoms with Crippen LogP contribution in [0.3, 0.4) is 0 Å². The molecule has 0 aliphatic carbocycles. The maximum absolute atomic E-state index is 12.3. The van der Waals surface area contributed by atoms with Crippen molar-refractivity contribution in [2.75, 3.05) is 6.61 Å². The van der Waals surface area contributed by atoms with Gasteiger partial charge in [0.1, 0.15) is 12.1 Å². The smallest absolute Gasteiger partial charge is 0.323 e. The van der Waals surface area contributed by atoms with E-state index in [2.05, 4.69) is 5.32 Å². The highest BCUT2D eigenvalue weighted by Crippen LogP contribution is 2.43. The summed E-state index contributed by atoms with van der Waals surface area (Å²) in [5.41, 5.74) is 0.404. The summed E-state index contributed by atoms with van der Waals surface area (Å²) in [5, 5.41) is 14.9. The summed E-state index contributed by atoms with van der Waals surface area (Å²) >= 11 is 0. The van der Waals surface area contributed by atoms with Gasteiger partial charge in [-0.3, -0.25) is 20.2 Å². The average Bonchev–Trinajstić information content (AvgIpc) is 2.89. The fourth-order valence-electron chi connectivity index (χ4n) is 3.47. The van der Waals surface area contributed by atoms with Crippen molar-refractivity contribution in [2.24, 2.45) is 11.3 Å². The summed E-state index contributed by atoms with van der Waals surface area (Å²) in [6, 6.07) is 7.18. The second-order valence-electron chi connectivity index (χ2n) is 6.95. The molecule has 23 heavy (non-hydrogen) atoms. The van der Waals surface area contributed by atoms with E-state index >= 15 is 0 Å². The monoisotopic (exact) mass is 320 g/mol. The summed E-state index contributed by atoms with van der Waals surface area (Å²) in [5.74, 6) is -0.875. The Labute approximate surface area is 136 Å². The van der Waals surface area contributed by atoms with Crippen molar-refractivity contribution in [3.05, 3.63) is 46.0 Å². The average molecular weight is 320 g/mol. The largest absolute Gasteiger partial charge is 0.465 e. The van der Waals surface area contributed by atoms with E-state index in [1.165, 1.54) is 0 Å². The number of nitrogens with zero attached hydrogens (tertiary/aromatic N) is 1. The number of hydrogen-bond acceptors (Lipinski definition) is 5. The molecule has 2 rings (SSSR count). The third-order valence-corrected chi connectivity index (χ3v) is 4.37. The van der Waals surface area contributed by atoms with Crippen LogP contribution >= 0.6 is 0 Å². The zero-order valence-corrected chi connectivity index (χ0v) is 14.0. The van der Waals surface area contributed by atoms with Crippen molar-refractivity contribution in [2.45, 2.75) is 45.8 Å². The lowest BCUT2D eigenvalue weighted by molar-refractivity contribution is -0.535. The molecule has 126 valence electrons. The fraction of sp³-hybridized carbons (Fsp3) is 0.588. The van der Waals surface area contributed by atoms with E-state index in [9.17, 15) is 14.9 Å². The van der Waals surface area contributed by atoms with Gasteiger partial charge in [-0.15, -0.1) is 0 Å². The number of nitrogens with one attached hydrogen (secondary N) is 1. The third kappa shape index (κ3) is 3.52. The highest BCUT2D eigenvalue weighted by molar-refractivity contribution is 5.77. The highest BCUT2D eigenvalue weighted by Gasteiger charge is 2.58. The minimum atomic E-state index is -0.883. The molecule has 0 spiro atoms. The van der Waals surface area contributed by atoms with Gasteiger partial charge in [0.05, 0.1) is 12.5 Å². The second-order valence-corrected chi connectivity index (χ2v) is 6.95. The maximum atomic E-state index is 12.3. The van der Waals surface area contributed by atoms with Crippen molar-refractivity contribution in [1.29, 1.82) is 0 Å². The minimum Gasteiger partial charge on any atom is -0.465 e. The Balaban J connectivity index is 2.45. The van der Waals surface area contributed by atoms with E-state index in [1.807, 2.05) is 51.1 Å². The van der Waals surface area contributed by atoms with E-state index in [0.717, 1.165) is 5.56 Å². The molecule has 1 aromatic carbocycles. The summed E-state index contributed by atoms with van der Waals surface area (Å²) < 4.78 is 5.14. The molecule has 1 N–H and O–H groups in total. The maximum Gasteiger partial charge on any atom is 0.323 e. The molecule has 6 nitrogen and oxygen atoms in total. The van der Waals surface area contributed by atoms with Gasteiger partial charge >= 0.3 is 5.97 Å². The first-order valence-corrected chi connectivity index (χ1v) is 7.88. The molecule has 0 saturated carbocycles. The van der Waals surface area contributed by atoms with E-state index < -0.39 is 35.4 Å². The summed E-state index contributed by atoms with van der Waals surface area (Å²) in [6.07, 6.45) is 0. The van der Waals surface area contributed by atoms with Crippen LogP contribution in [0.2, 0.25) is 0 Å². The van der Waals surface area contributed by atoms with Crippen molar-refractivity contribution >= 4 is 5.97 Å². The standard InChI is InChI=1S/C17H24N2O4/c1-5-23-16(20)14-12(17(2,3)4)15(19(21)22)13(18-14)11-9-7-6-8-10-11/h6-10,12-15,18H,5H2,1-4H3/t12-,13+,14+,15+/m1/s1. The Morgan fingerprint density at radius 2 is 1.91 bits per heavy atom. The number of hydrogen-bond donors (Lipinski definition) is 1. The van der Waals surface area contributed by atoms with Crippen LogP contribution in [0.15, 0.2) is 30.3 Å². The molecule has 1 aliphatic rings. The zero-order chi connectivity index (χ0) is 17.2. The van der Waals surface area contributed by atoms with Gasteiger partial charge in [-0.1, -0.05) is 51.1 Å². The minimum absolute atomic E-state index is 0.257. The van der Waals surface area contributed by atoms with Crippen LogP contribution in [0.4, 0.5) is 0 Å². The molecule has 0 aromatic heterocycles. The van der Waals surface area contributed by atoms with Gasteiger partial charge in [-0.2, -0.15) is 0 Å². The van der Waals surface area contributed by atoms with Crippen LogP contribution in [-0.4, -0.2) is 29.6 Å². The van der Waals surface area contributed by atoms with Crippen molar-refractivity contribution in [3.8, 4) is 0 Å². The predicted octanol–water partition coefficient (Wildman–Crippen LogP) is 2.57. The first-order valence-electron chi connectivity index (χ1n) is 7.88. The Kier molecular flexibility index (Phi) is 5.04. The van der Waals surface area contributed by atoms with Crippen LogP contribution < -0.4 is 5.32 Å². The van der Waals surface area contributed by atoms with Crippen LogP contribution in [0, 0.1) is 21.4 Å². The molecule has 1 aliphatic heterocycles. The number of rotatable bonds is 4. The molecule has 1 fully saturated rings. The third-order valence-electron chi connectivity index (χ3n) is 4.37.